The summed E-state index contributed by atoms with van der Waals surface area (Å²) in [5, 5.41) is 7.31. The van der Waals surface area contributed by atoms with Crippen molar-refractivity contribution in [3.05, 3.63) is 39.6 Å². The van der Waals surface area contributed by atoms with E-state index in [1.54, 1.807) is 4.68 Å². The zero-order chi connectivity index (χ0) is 18.8. The van der Waals surface area contributed by atoms with E-state index in [1.807, 2.05) is 47.6 Å². The maximum absolute atomic E-state index is 12.6. The van der Waals surface area contributed by atoms with Gasteiger partial charge in [0.25, 0.3) is 5.56 Å². The van der Waals surface area contributed by atoms with E-state index < -0.39 is 0 Å². The van der Waals surface area contributed by atoms with Crippen molar-refractivity contribution in [3.63, 3.8) is 0 Å². The Labute approximate surface area is 148 Å². The quantitative estimate of drug-likeness (QED) is 0.897. The molecule has 2 aromatic heterocycles. The average Bonchev–Trinajstić information content (AvgIpc) is 2.78. The maximum atomic E-state index is 12.6. The summed E-state index contributed by atoms with van der Waals surface area (Å²) in [5.74, 6) is 0.146. The molecule has 2 rings (SSSR count). The van der Waals surface area contributed by atoms with Crippen molar-refractivity contribution in [2.24, 2.45) is 0 Å². The van der Waals surface area contributed by atoms with Gasteiger partial charge in [-0.2, -0.15) is 5.10 Å². The highest BCUT2D eigenvalue weighted by atomic mass is 16.2. The molecule has 0 radical (unpaired) electrons. The summed E-state index contributed by atoms with van der Waals surface area (Å²) < 4.78 is 3.00. The van der Waals surface area contributed by atoms with Gasteiger partial charge in [-0.1, -0.05) is 13.3 Å². The first-order valence-electron chi connectivity index (χ1n) is 8.56. The molecule has 2 heterocycles. The van der Waals surface area contributed by atoms with Crippen LogP contribution in [0.5, 0.6) is 0 Å². The Balaban J connectivity index is 2.52. The van der Waals surface area contributed by atoms with Crippen molar-refractivity contribution in [2.75, 3.05) is 0 Å². The molecule has 7 nitrogen and oxygen atoms in total. The van der Waals surface area contributed by atoms with Crippen LogP contribution in [-0.2, 0) is 17.8 Å². The van der Waals surface area contributed by atoms with Crippen LogP contribution in [0.25, 0.3) is 5.95 Å². The molecule has 1 N–H and O–H groups in total. The molecule has 0 aromatic carbocycles. The van der Waals surface area contributed by atoms with Gasteiger partial charge < -0.3 is 5.32 Å². The van der Waals surface area contributed by atoms with Crippen molar-refractivity contribution in [1.82, 2.24) is 24.6 Å². The number of nitrogens with one attached hydrogen (secondary N) is 1. The van der Waals surface area contributed by atoms with Gasteiger partial charge in [0, 0.05) is 23.0 Å². The van der Waals surface area contributed by atoms with Gasteiger partial charge in [-0.05, 0) is 47.1 Å². The summed E-state index contributed by atoms with van der Waals surface area (Å²) in [6.45, 7) is 11.4. The lowest BCUT2D eigenvalue weighted by atomic mass is 10.1. The number of rotatable bonds is 5. The van der Waals surface area contributed by atoms with Crippen molar-refractivity contribution < 1.29 is 4.79 Å². The van der Waals surface area contributed by atoms with Crippen molar-refractivity contribution in [3.8, 4) is 5.95 Å². The second kappa shape index (κ2) is 7.21. The monoisotopic (exact) mass is 345 g/mol. The molecule has 25 heavy (non-hydrogen) atoms. The number of carbonyl (C=O) groups excluding carboxylic acids is 1. The Hall–Kier alpha value is -2.44. The smallest absolute Gasteiger partial charge is 0.255 e. The van der Waals surface area contributed by atoms with Crippen LogP contribution in [0.1, 0.15) is 51.2 Å². The van der Waals surface area contributed by atoms with Crippen molar-refractivity contribution in [1.29, 1.82) is 0 Å². The van der Waals surface area contributed by atoms with Gasteiger partial charge in [-0.15, -0.1) is 0 Å². The highest BCUT2D eigenvalue weighted by molar-refractivity contribution is 5.76. The van der Waals surface area contributed by atoms with E-state index >= 15 is 0 Å². The highest BCUT2D eigenvalue weighted by Crippen LogP contribution is 2.10. The number of hydrogen-bond acceptors (Lipinski definition) is 4. The standard InChI is InChI=1S/C18H27N5O2/c1-7-8-14-10-16(25)22(11-15(24)20-18(4,5)6)17(19-14)23-13(3)9-12(2)21-23/h9-10H,7-8,11H2,1-6H3,(H,20,24). The van der Waals surface area contributed by atoms with Crippen LogP contribution in [0.3, 0.4) is 0 Å². The lowest BCUT2D eigenvalue weighted by Crippen LogP contribution is -2.44. The van der Waals surface area contributed by atoms with Crippen LogP contribution < -0.4 is 10.9 Å². The van der Waals surface area contributed by atoms with E-state index in [0.29, 0.717) is 18.1 Å². The molecule has 0 spiro atoms. The summed E-state index contributed by atoms with van der Waals surface area (Å²) >= 11 is 0. The predicted molar refractivity (Wildman–Crippen MR) is 97.0 cm³/mol. The predicted octanol–water partition coefficient (Wildman–Crippen LogP) is 1.91. The molecule has 0 saturated carbocycles. The number of hydrogen-bond donors (Lipinski definition) is 1. The largest absolute Gasteiger partial charge is 0.350 e. The molecule has 0 saturated heterocycles. The van der Waals surface area contributed by atoms with E-state index in [0.717, 1.165) is 17.8 Å². The average molecular weight is 345 g/mol. The molecule has 0 atom stereocenters. The summed E-state index contributed by atoms with van der Waals surface area (Å²) in [6.07, 6.45) is 1.59. The van der Waals surface area contributed by atoms with Gasteiger partial charge >= 0.3 is 0 Å². The molecule has 0 bridgehead atoms. The van der Waals surface area contributed by atoms with Gasteiger partial charge in [-0.25, -0.2) is 9.67 Å². The first-order valence-corrected chi connectivity index (χ1v) is 8.56. The molecule has 2 aromatic rings. The third-order valence-electron chi connectivity index (χ3n) is 3.56. The van der Waals surface area contributed by atoms with Crippen LogP contribution in [0, 0.1) is 13.8 Å². The summed E-state index contributed by atoms with van der Waals surface area (Å²) in [5.41, 5.74) is 1.79. The van der Waals surface area contributed by atoms with E-state index in [-0.39, 0.29) is 23.6 Å². The van der Waals surface area contributed by atoms with E-state index in [2.05, 4.69) is 15.4 Å². The highest BCUT2D eigenvalue weighted by Gasteiger charge is 2.19. The van der Waals surface area contributed by atoms with Crippen LogP contribution in [0.2, 0.25) is 0 Å². The van der Waals surface area contributed by atoms with E-state index in [9.17, 15) is 9.59 Å². The molecule has 0 aliphatic carbocycles. The molecular formula is C18H27N5O2. The Kier molecular flexibility index (Phi) is 5.45. The number of aromatic nitrogens is 4. The molecule has 0 unspecified atom stereocenters. The fourth-order valence-corrected chi connectivity index (χ4v) is 2.67. The fraction of sp³-hybridized carbons (Fsp3) is 0.556. The minimum Gasteiger partial charge on any atom is -0.350 e. The van der Waals surface area contributed by atoms with Crippen LogP contribution in [0.4, 0.5) is 0 Å². The lowest BCUT2D eigenvalue weighted by Gasteiger charge is -2.21. The van der Waals surface area contributed by atoms with Crippen LogP contribution in [0.15, 0.2) is 16.9 Å². The molecule has 0 aliphatic rings. The minimum absolute atomic E-state index is 0.0941. The number of nitrogens with zero attached hydrogens (tertiary/aromatic N) is 4. The molecule has 7 heteroatoms. The Morgan fingerprint density at radius 3 is 2.44 bits per heavy atom. The molecule has 136 valence electrons. The van der Waals surface area contributed by atoms with Gasteiger partial charge in [-0.3, -0.25) is 14.2 Å². The summed E-state index contributed by atoms with van der Waals surface area (Å²) in [7, 11) is 0. The first kappa shape index (κ1) is 18.9. The Morgan fingerprint density at radius 1 is 1.24 bits per heavy atom. The van der Waals surface area contributed by atoms with Crippen molar-refractivity contribution in [2.45, 2.75) is 66.5 Å². The third kappa shape index (κ3) is 4.78. The van der Waals surface area contributed by atoms with Gasteiger partial charge in [0.05, 0.1) is 5.69 Å². The van der Waals surface area contributed by atoms with E-state index in [4.69, 9.17) is 0 Å². The zero-order valence-corrected chi connectivity index (χ0v) is 15.9. The first-order chi connectivity index (χ1) is 11.6. The summed E-state index contributed by atoms with van der Waals surface area (Å²) in [4.78, 5) is 29.6. The molecule has 1 amide bonds. The summed E-state index contributed by atoms with van der Waals surface area (Å²) in [6, 6.07) is 3.42. The normalized spacial score (nSPS) is 11.6. The third-order valence-corrected chi connectivity index (χ3v) is 3.56. The van der Waals surface area contributed by atoms with Gasteiger partial charge in [0.1, 0.15) is 6.54 Å². The molecular weight excluding hydrogens is 318 g/mol. The van der Waals surface area contributed by atoms with Gasteiger partial charge in [0.15, 0.2) is 0 Å². The minimum atomic E-state index is -0.366. The molecule has 0 fully saturated rings. The van der Waals surface area contributed by atoms with Crippen LogP contribution >= 0.6 is 0 Å². The second-order valence-corrected chi connectivity index (χ2v) is 7.36. The molecule has 0 aliphatic heterocycles. The topological polar surface area (TPSA) is 81.8 Å². The Morgan fingerprint density at radius 2 is 1.92 bits per heavy atom. The van der Waals surface area contributed by atoms with Gasteiger partial charge in [0.2, 0.25) is 11.9 Å². The SMILES string of the molecule is CCCc1cc(=O)n(CC(=O)NC(C)(C)C)c(-n2nc(C)cc2C)n1. The fourth-order valence-electron chi connectivity index (χ4n) is 2.67. The van der Waals surface area contributed by atoms with Crippen LogP contribution in [-0.4, -0.2) is 30.8 Å². The number of amides is 1. The maximum Gasteiger partial charge on any atom is 0.255 e. The number of carbonyl (C=O) groups is 1. The zero-order valence-electron chi connectivity index (χ0n) is 15.9. The van der Waals surface area contributed by atoms with E-state index in [1.165, 1.54) is 10.6 Å². The second-order valence-electron chi connectivity index (χ2n) is 7.36. The number of aryl methyl sites for hydroxylation is 3. The van der Waals surface area contributed by atoms with Crippen molar-refractivity contribution >= 4 is 5.91 Å². The lowest BCUT2D eigenvalue weighted by molar-refractivity contribution is -0.123. The Bertz CT molecular complexity index is 827.